The lowest BCUT2D eigenvalue weighted by atomic mass is 10.0. The van der Waals surface area contributed by atoms with Crippen molar-refractivity contribution in [2.24, 2.45) is 0 Å². The smallest absolute Gasteiger partial charge is 0.219 e. The third-order valence-electron chi connectivity index (χ3n) is 5.16. The van der Waals surface area contributed by atoms with Crippen molar-refractivity contribution in [2.75, 3.05) is 44.7 Å². The summed E-state index contributed by atoms with van der Waals surface area (Å²) >= 11 is 0. The summed E-state index contributed by atoms with van der Waals surface area (Å²) in [5.41, 5.74) is 2.15. The van der Waals surface area contributed by atoms with Crippen molar-refractivity contribution in [3.63, 3.8) is 0 Å². The molecule has 7 nitrogen and oxygen atoms in total. The third-order valence-corrected chi connectivity index (χ3v) is 5.16. The molecule has 1 N–H and O–H groups in total. The van der Waals surface area contributed by atoms with Crippen molar-refractivity contribution in [3.05, 3.63) is 17.1 Å². The average Bonchev–Trinajstić information content (AvgIpc) is 2.62. The first-order chi connectivity index (χ1) is 12.1. The number of morpholine rings is 1. The van der Waals surface area contributed by atoms with E-state index >= 15 is 0 Å². The zero-order valence-corrected chi connectivity index (χ0v) is 15.5. The number of anilines is 1. The summed E-state index contributed by atoms with van der Waals surface area (Å²) in [6.07, 6.45) is 1.91. The second kappa shape index (κ2) is 8.10. The molecule has 1 atom stereocenters. The molecule has 2 aliphatic rings. The number of fused-ring (bicyclic) bond motifs is 1. The summed E-state index contributed by atoms with van der Waals surface area (Å²) in [5, 5.41) is 3.57. The van der Waals surface area contributed by atoms with Crippen LogP contribution in [0.25, 0.3) is 0 Å². The number of nitrogens with one attached hydrogen (secondary N) is 1. The molecule has 25 heavy (non-hydrogen) atoms. The van der Waals surface area contributed by atoms with Gasteiger partial charge < -0.3 is 15.0 Å². The number of hydrogen-bond donors (Lipinski definition) is 1. The molecule has 1 aromatic heterocycles. The molecule has 0 aliphatic carbocycles. The van der Waals surface area contributed by atoms with E-state index in [4.69, 9.17) is 4.74 Å². The molecule has 138 valence electrons. The minimum absolute atomic E-state index is 0.106. The van der Waals surface area contributed by atoms with E-state index in [2.05, 4.69) is 27.1 Å². The minimum atomic E-state index is 0.106. The highest BCUT2D eigenvalue weighted by Crippen LogP contribution is 2.24. The Morgan fingerprint density at radius 2 is 2.04 bits per heavy atom. The van der Waals surface area contributed by atoms with Crippen molar-refractivity contribution in [1.29, 1.82) is 0 Å². The van der Waals surface area contributed by atoms with Crippen molar-refractivity contribution < 1.29 is 9.53 Å². The van der Waals surface area contributed by atoms with Crippen LogP contribution in [0.4, 0.5) is 5.82 Å². The Morgan fingerprint density at radius 3 is 2.72 bits per heavy atom. The number of ether oxygens (including phenoxy) is 1. The first-order valence-electron chi connectivity index (χ1n) is 9.26. The maximum absolute atomic E-state index is 11.7. The van der Waals surface area contributed by atoms with Crippen LogP contribution in [0, 0.1) is 6.92 Å². The van der Waals surface area contributed by atoms with Gasteiger partial charge in [0.2, 0.25) is 5.91 Å². The summed E-state index contributed by atoms with van der Waals surface area (Å²) in [4.78, 5) is 25.2. The Balaban J connectivity index is 1.71. The van der Waals surface area contributed by atoms with E-state index in [9.17, 15) is 4.79 Å². The first kappa shape index (κ1) is 18.1. The normalized spacial score (nSPS) is 19.4. The Morgan fingerprint density at radius 1 is 1.28 bits per heavy atom. The molecular weight excluding hydrogens is 318 g/mol. The van der Waals surface area contributed by atoms with Crippen molar-refractivity contribution in [3.8, 4) is 0 Å². The summed E-state index contributed by atoms with van der Waals surface area (Å²) in [6, 6.07) is 0.479. The average molecular weight is 347 g/mol. The number of amides is 1. The summed E-state index contributed by atoms with van der Waals surface area (Å²) in [6.45, 7) is 11.6. The van der Waals surface area contributed by atoms with Crippen LogP contribution in [0.2, 0.25) is 0 Å². The van der Waals surface area contributed by atoms with E-state index in [1.165, 1.54) is 5.56 Å². The number of nitrogens with zero attached hydrogens (tertiary/aromatic N) is 4. The lowest BCUT2D eigenvalue weighted by molar-refractivity contribution is -0.129. The van der Waals surface area contributed by atoms with Crippen molar-refractivity contribution in [1.82, 2.24) is 19.8 Å². The number of carbonyl (C=O) groups is 1. The molecule has 0 aromatic carbocycles. The van der Waals surface area contributed by atoms with E-state index in [0.717, 1.165) is 69.6 Å². The molecule has 2 aliphatic heterocycles. The molecule has 1 saturated heterocycles. The van der Waals surface area contributed by atoms with Gasteiger partial charge in [-0.05, 0) is 19.8 Å². The summed E-state index contributed by atoms with van der Waals surface area (Å²) in [5.74, 6) is 1.80. The molecular formula is C18H29N5O2. The summed E-state index contributed by atoms with van der Waals surface area (Å²) in [7, 11) is 0. The predicted octanol–water partition coefficient (Wildman–Crippen LogP) is 1.21. The van der Waals surface area contributed by atoms with Crippen LogP contribution in [0.15, 0.2) is 0 Å². The quantitative estimate of drug-likeness (QED) is 0.863. The second-order valence-electron chi connectivity index (χ2n) is 6.83. The maximum Gasteiger partial charge on any atom is 0.219 e. The van der Waals surface area contributed by atoms with Crippen LogP contribution >= 0.6 is 0 Å². The van der Waals surface area contributed by atoms with Gasteiger partial charge in [-0.1, -0.05) is 6.92 Å². The van der Waals surface area contributed by atoms with Gasteiger partial charge in [-0.15, -0.1) is 0 Å². The standard InChI is InChI=1S/C18H29N5O2/c1-4-15(22-7-9-25-10-8-22)11-19-18-16-5-6-23(14(3)24)12-17(16)20-13(2)21-18/h15H,4-12H2,1-3H3,(H,19,20,21). The van der Waals surface area contributed by atoms with Gasteiger partial charge >= 0.3 is 0 Å². The zero-order valence-electron chi connectivity index (χ0n) is 15.5. The van der Waals surface area contributed by atoms with Crippen molar-refractivity contribution >= 4 is 11.7 Å². The number of hydrogen-bond acceptors (Lipinski definition) is 6. The van der Waals surface area contributed by atoms with Crippen LogP contribution in [0.3, 0.4) is 0 Å². The van der Waals surface area contributed by atoms with E-state index in [-0.39, 0.29) is 5.91 Å². The third kappa shape index (κ3) is 4.27. The molecule has 0 saturated carbocycles. The van der Waals surface area contributed by atoms with E-state index in [1.54, 1.807) is 6.92 Å². The van der Waals surface area contributed by atoms with Gasteiger partial charge in [-0.2, -0.15) is 0 Å². The molecule has 0 spiro atoms. The number of rotatable bonds is 5. The van der Waals surface area contributed by atoms with Gasteiger partial charge in [0.05, 0.1) is 25.5 Å². The fourth-order valence-corrected chi connectivity index (χ4v) is 3.66. The molecule has 1 fully saturated rings. The molecule has 7 heteroatoms. The highest BCUT2D eigenvalue weighted by molar-refractivity contribution is 5.73. The largest absolute Gasteiger partial charge is 0.379 e. The lowest BCUT2D eigenvalue weighted by Gasteiger charge is -2.34. The van der Waals surface area contributed by atoms with Crippen LogP contribution in [0.5, 0.6) is 0 Å². The van der Waals surface area contributed by atoms with Gasteiger partial charge in [0, 0.05) is 44.7 Å². The fourth-order valence-electron chi connectivity index (χ4n) is 3.66. The molecule has 3 heterocycles. The highest BCUT2D eigenvalue weighted by Gasteiger charge is 2.24. The molecule has 1 aromatic rings. The Kier molecular flexibility index (Phi) is 5.86. The minimum Gasteiger partial charge on any atom is -0.379 e. The number of aryl methyl sites for hydroxylation is 1. The first-order valence-corrected chi connectivity index (χ1v) is 9.26. The maximum atomic E-state index is 11.7. The van der Waals surface area contributed by atoms with Gasteiger partial charge in [-0.3, -0.25) is 9.69 Å². The lowest BCUT2D eigenvalue weighted by Crippen LogP contribution is -2.46. The second-order valence-corrected chi connectivity index (χ2v) is 6.83. The number of aromatic nitrogens is 2. The van der Waals surface area contributed by atoms with E-state index < -0.39 is 0 Å². The van der Waals surface area contributed by atoms with E-state index in [0.29, 0.717) is 12.6 Å². The topological polar surface area (TPSA) is 70.6 Å². The monoisotopic (exact) mass is 347 g/mol. The van der Waals surface area contributed by atoms with Crippen LogP contribution in [-0.2, 0) is 22.5 Å². The van der Waals surface area contributed by atoms with Gasteiger partial charge in [0.15, 0.2) is 0 Å². The van der Waals surface area contributed by atoms with Gasteiger partial charge in [-0.25, -0.2) is 9.97 Å². The SMILES string of the molecule is CCC(CNc1nc(C)nc2c1CCN(C(C)=O)C2)N1CCOCC1. The predicted molar refractivity (Wildman–Crippen MR) is 96.5 cm³/mol. The zero-order chi connectivity index (χ0) is 17.8. The van der Waals surface area contributed by atoms with Gasteiger partial charge in [0.1, 0.15) is 11.6 Å². The van der Waals surface area contributed by atoms with Gasteiger partial charge in [0.25, 0.3) is 0 Å². The fraction of sp³-hybridized carbons (Fsp3) is 0.722. The molecule has 0 radical (unpaired) electrons. The van der Waals surface area contributed by atoms with Crippen LogP contribution in [-0.4, -0.2) is 71.1 Å². The Bertz CT molecular complexity index is 616. The molecule has 0 bridgehead atoms. The molecule has 1 unspecified atom stereocenters. The molecule has 1 amide bonds. The van der Waals surface area contributed by atoms with E-state index in [1.807, 2.05) is 11.8 Å². The summed E-state index contributed by atoms with van der Waals surface area (Å²) < 4.78 is 5.46. The van der Waals surface area contributed by atoms with Crippen molar-refractivity contribution in [2.45, 2.75) is 46.2 Å². The highest BCUT2D eigenvalue weighted by atomic mass is 16.5. The Labute approximate surface area is 149 Å². The van der Waals surface area contributed by atoms with Crippen LogP contribution < -0.4 is 5.32 Å². The Hall–Kier alpha value is -1.73. The molecule has 3 rings (SSSR count). The number of carbonyl (C=O) groups excluding carboxylic acids is 1. The van der Waals surface area contributed by atoms with Crippen LogP contribution in [0.1, 0.15) is 37.4 Å².